The summed E-state index contributed by atoms with van der Waals surface area (Å²) in [5.74, 6) is 0.766. The minimum atomic E-state index is -4.95. The number of esters is 4. The molecule has 0 saturated carbocycles. The molecule has 0 saturated heterocycles. The predicted molar refractivity (Wildman–Crippen MR) is 349 cm³/mol. The molecule has 87 heavy (non-hydrogen) atoms. The molecular formula is C68H132O17P2. The van der Waals surface area contributed by atoms with Gasteiger partial charge < -0.3 is 33.8 Å². The number of carbonyl (C=O) groups is 4. The molecule has 0 spiro atoms. The van der Waals surface area contributed by atoms with Crippen LogP contribution in [0.4, 0.5) is 0 Å². The Balaban J connectivity index is 5.22. The molecule has 0 heterocycles. The highest BCUT2D eigenvalue weighted by molar-refractivity contribution is 7.47. The maximum Gasteiger partial charge on any atom is 0.472 e. The minimum absolute atomic E-state index is 0.102. The minimum Gasteiger partial charge on any atom is -0.462 e. The number of aliphatic hydroxyl groups is 1. The van der Waals surface area contributed by atoms with Crippen LogP contribution in [-0.4, -0.2) is 96.7 Å². The van der Waals surface area contributed by atoms with Crippen LogP contribution in [0.3, 0.4) is 0 Å². The Kier molecular flexibility index (Phi) is 56.6. The number of unbranched alkanes of at least 4 members (excludes halogenated alkanes) is 31. The number of carbonyl (C=O) groups excluding carboxylic acids is 4. The van der Waals surface area contributed by atoms with Crippen LogP contribution in [0.5, 0.6) is 0 Å². The first-order valence-corrected chi connectivity index (χ1v) is 38.2. The highest BCUT2D eigenvalue weighted by Gasteiger charge is 2.30. The second kappa shape index (κ2) is 57.9. The van der Waals surface area contributed by atoms with Crippen molar-refractivity contribution >= 4 is 39.5 Å². The van der Waals surface area contributed by atoms with Gasteiger partial charge in [0.15, 0.2) is 12.2 Å². The zero-order valence-electron chi connectivity index (χ0n) is 56.6. The van der Waals surface area contributed by atoms with E-state index in [0.717, 1.165) is 108 Å². The Morgan fingerprint density at radius 2 is 0.483 bits per heavy atom. The van der Waals surface area contributed by atoms with E-state index in [1.54, 1.807) is 0 Å². The van der Waals surface area contributed by atoms with E-state index < -0.39 is 97.5 Å². The summed E-state index contributed by atoms with van der Waals surface area (Å²) in [4.78, 5) is 72.4. The maximum absolute atomic E-state index is 13.0. The van der Waals surface area contributed by atoms with Gasteiger partial charge in [0.05, 0.1) is 26.4 Å². The standard InChI is InChI=1S/C68H132O17P2/c1-58(2)44-36-28-20-15-12-10-9-11-13-17-23-32-40-48-65(70)78-54-63(84-67(72)50-42-34-24-18-14-16-21-29-37-45-59(3)4)56-82-86(74,75)80-52-62(69)53-81-87(76,77)83-57-64(55-79-66(71)49-41-33-27-26-31-39-47-61(7)8)85-68(73)51-43-35-25-19-22-30-38-46-60(5)6/h58-64,69H,9-57H2,1-8H3,(H,74,75)(H,76,77)/t62-,63-,64-/m1/s1. The van der Waals surface area contributed by atoms with E-state index in [1.807, 2.05) is 0 Å². The molecule has 0 aromatic carbocycles. The second-order valence-electron chi connectivity index (χ2n) is 26.5. The lowest BCUT2D eigenvalue weighted by molar-refractivity contribution is -0.161. The third kappa shape index (κ3) is 62.6. The lowest BCUT2D eigenvalue weighted by Crippen LogP contribution is -2.30. The highest BCUT2D eigenvalue weighted by Crippen LogP contribution is 2.45. The first-order valence-electron chi connectivity index (χ1n) is 35.2. The van der Waals surface area contributed by atoms with E-state index >= 15 is 0 Å². The summed E-state index contributed by atoms with van der Waals surface area (Å²) in [5, 5.41) is 10.6. The smallest absolute Gasteiger partial charge is 0.462 e. The largest absolute Gasteiger partial charge is 0.472 e. The molecule has 17 nitrogen and oxygen atoms in total. The van der Waals surface area contributed by atoms with Gasteiger partial charge in [-0.3, -0.25) is 37.3 Å². The van der Waals surface area contributed by atoms with Gasteiger partial charge in [0.1, 0.15) is 19.3 Å². The Bertz CT molecular complexity index is 1730. The lowest BCUT2D eigenvalue weighted by atomic mass is 10.0. The first kappa shape index (κ1) is 85.1. The number of hydrogen-bond acceptors (Lipinski definition) is 15. The molecule has 516 valence electrons. The van der Waals surface area contributed by atoms with E-state index in [1.165, 1.54) is 128 Å². The van der Waals surface area contributed by atoms with Crippen LogP contribution in [-0.2, 0) is 65.4 Å². The van der Waals surface area contributed by atoms with Gasteiger partial charge in [0.25, 0.3) is 0 Å². The molecule has 0 aromatic rings. The number of phosphoric ester groups is 2. The second-order valence-corrected chi connectivity index (χ2v) is 29.4. The normalized spacial score (nSPS) is 14.3. The summed E-state index contributed by atoms with van der Waals surface area (Å²) < 4.78 is 68.1. The Hall–Kier alpha value is -1.94. The monoisotopic (exact) mass is 1280 g/mol. The zero-order valence-corrected chi connectivity index (χ0v) is 58.4. The summed E-state index contributed by atoms with van der Waals surface area (Å²) in [6, 6.07) is 0. The molecule has 0 fully saturated rings. The van der Waals surface area contributed by atoms with Crippen LogP contribution in [0.2, 0.25) is 0 Å². The highest BCUT2D eigenvalue weighted by atomic mass is 31.2. The molecule has 0 aromatic heterocycles. The van der Waals surface area contributed by atoms with Crippen molar-refractivity contribution in [2.24, 2.45) is 23.7 Å². The summed E-state index contributed by atoms with van der Waals surface area (Å²) in [6.45, 7) is 14.0. The van der Waals surface area contributed by atoms with Gasteiger partial charge in [-0.2, -0.15) is 0 Å². The Morgan fingerprint density at radius 1 is 0.287 bits per heavy atom. The molecular weight excluding hydrogens is 1150 g/mol. The fraction of sp³-hybridized carbons (Fsp3) is 0.941. The Morgan fingerprint density at radius 3 is 0.713 bits per heavy atom. The van der Waals surface area contributed by atoms with Gasteiger partial charge >= 0.3 is 39.5 Å². The number of rotatable bonds is 65. The fourth-order valence-corrected chi connectivity index (χ4v) is 11.7. The first-order chi connectivity index (χ1) is 41.6. The van der Waals surface area contributed by atoms with E-state index in [-0.39, 0.29) is 25.7 Å². The van der Waals surface area contributed by atoms with Crippen molar-refractivity contribution in [3.8, 4) is 0 Å². The molecule has 0 aliphatic heterocycles. The van der Waals surface area contributed by atoms with Crippen molar-refractivity contribution in [1.29, 1.82) is 0 Å². The van der Waals surface area contributed by atoms with Gasteiger partial charge in [0.2, 0.25) is 0 Å². The van der Waals surface area contributed by atoms with Crippen LogP contribution in [0, 0.1) is 23.7 Å². The molecule has 3 N–H and O–H groups in total. The molecule has 0 aliphatic rings. The van der Waals surface area contributed by atoms with Crippen molar-refractivity contribution in [3.63, 3.8) is 0 Å². The SMILES string of the molecule is CC(C)CCCCCCCCCCCCCCCC(=O)OC[C@H](COP(=O)(O)OC[C@@H](O)COP(=O)(O)OC[C@@H](COC(=O)CCCCCCCCC(C)C)OC(=O)CCCCCCCCCC(C)C)OC(=O)CCCCCCCCCCCC(C)C. The van der Waals surface area contributed by atoms with E-state index in [4.69, 9.17) is 37.0 Å². The molecule has 19 heteroatoms. The average molecular weight is 1280 g/mol. The summed E-state index contributed by atoms with van der Waals surface area (Å²) in [7, 11) is -9.90. The van der Waals surface area contributed by atoms with Crippen LogP contribution < -0.4 is 0 Å². The van der Waals surface area contributed by atoms with E-state index in [0.29, 0.717) is 37.5 Å². The third-order valence-electron chi connectivity index (χ3n) is 15.6. The maximum atomic E-state index is 13.0. The van der Waals surface area contributed by atoms with Crippen molar-refractivity contribution in [1.82, 2.24) is 0 Å². The van der Waals surface area contributed by atoms with Crippen LogP contribution in [0.15, 0.2) is 0 Å². The zero-order chi connectivity index (χ0) is 64.7. The summed E-state index contributed by atoms with van der Waals surface area (Å²) >= 11 is 0. The molecule has 0 rings (SSSR count). The molecule has 0 bridgehead atoms. The number of ether oxygens (including phenoxy) is 4. The van der Waals surface area contributed by atoms with Crippen molar-refractivity contribution in [2.45, 2.75) is 350 Å². The van der Waals surface area contributed by atoms with Gasteiger partial charge in [0, 0.05) is 25.7 Å². The Labute approximate surface area is 530 Å². The third-order valence-corrected chi connectivity index (χ3v) is 17.5. The van der Waals surface area contributed by atoms with Crippen molar-refractivity contribution in [2.75, 3.05) is 39.6 Å². The average Bonchev–Trinajstić information content (AvgIpc) is 3.61. The summed E-state index contributed by atoms with van der Waals surface area (Å²) in [5.41, 5.74) is 0. The van der Waals surface area contributed by atoms with Crippen LogP contribution in [0.25, 0.3) is 0 Å². The van der Waals surface area contributed by atoms with E-state index in [9.17, 15) is 43.2 Å². The van der Waals surface area contributed by atoms with Gasteiger partial charge in [-0.15, -0.1) is 0 Å². The van der Waals surface area contributed by atoms with Crippen molar-refractivity contribution in [3.05, 3.63) is 0 Å². The van der Waals surface area contributed by atoms with Crippen LogP contribution >= 0.6 is 15.6 Å². The number of aliphatic hydroxyl groups excluding tert-OH is 1. The van der Waals surface area contributed by atoms with Gasteiger partial charge in [-0.25, -0.2) is 9.13 Å². The molecule has 2 unspecified atom stereocenters. The van der Waals surface area contributed by atoms with Crippen LogP contribution in [0.1, 0.15) is 331 Å². The topological polar surface area (TPSA) is 237 Å². The predicted octanol–water partition coefficient (Wildman–Crippen LogP) is 18.9. The quantitative estimate of drug-likeness (QED) is 0.0222. The van der Waals surface area contributed by atoms with Gasteiger partial charge in [-0.05, 0) is 49.4 Å². The lowest BCUT2D eigenvalue weighted by Gasteiger charge is -2.21. The molecule has 0 radical (unpaired) electrons. The number of phosphoric acid groups is 2. The van der Waals surface area contributed by atoms with Gasteiger partial charge in [-0.1, -0.05) is 280 Å². The van der Waals surface area contributed by atoms with Crippen molar-refractivity contribution < 1.29 is 80.2 Å². The fourth-order valence-electron chi connectivity index (χ4n) is 10.1. The van der Waals surface area contributed by atoms with E-state index in [2.05, 4.69) is 55.4 Å². The molecule has 0 aliphatic carbocycles. The summed E-state index contributed by atoms with van der Waals surface area (Å²) in [6.07, 6.45) is 39.2. The molecule has 0 amide bonds. The number of hydrogen-bond donors (Lipinski definition) is 3. The molecule has 5 atom stereocenters.